The number of fused-ring (bicyclic) bond motifs is 6. The second-order valence-electron chi connectivity index (χ2n) is 10.7. The minimum absolute atomic E-state index is 0.0498. The maximum Gasteiger partial charge on any atom is 0.136 e. The van der Waals surface area contributed by atoms with Gasteiger partial charge in [-0.05, 0) is 71.3 Å². The maximum absolute atomic E-state index is 6.18. The van der Waals surface area contributed by atoms with Crippen LogP contribution >= 0.6 is 22.7 Å². The van der Waals surface area contributed by atoms with Crippen LogP contribution < -0.4 is 0 Å². The maximum atomic E-state index is 6.18. The largest absolute Gasteiger partial charge is 0.461 e. The molecule has 34 heavy (non-hydrogen) atoms. The number of hydrogen-bond donors (Lipinski definition) is 0. The quantitative estimate of drug-likeness (QED) is 0.251. The summed E-state index contributed by atoms with van der Waals surface area (Å²) in [6.07, 6.45) is 2.73. The van der Waals surface area contributed by atoms with Crippen molar-refractivity contribution in [3.05, 3.63) is 58.9 Å². The van der Waals surface area contributed by atoms with Gasteiger partial charge in [-0.1, -0.05) is 34.6 Å². The number of furan rings is 1. The second-order valence-corrected chi connectivity index (χ2v) is 12.6. The average molecular weight is 485 g/mol. The zero-order valence-electron chi connectivity index (χ0n) is 20.4. The molecule has 0 fully saturated rings. The number of aryl methyl sites for hydroxylation is 1. The van der Waals surface area contributed by atoms with Gasteiger partial charge in [0.05, 0.1) is 5.69 Å². The third-order valence-corrected chi connectivity index (χ3v) is 8.73. The molecule has 0 bridgehead atoms. The first kappa shape index (κ1) is 21.8. The first-order chi connectivity index (χ1) is 16.2. The lowest BCUT2D eigenvalue weighted by Crippen LogP contribution is -2.11. The molecule has 0 unspecified atom stereocenters. The number of rotatable bonds is 3. The van der Waals surface area contributed by atoms with Crippen LogP contribution in [0.1, 0.15) is 51.5 Å². The Morgan fingerprint density at radius 1 is 1.00 bits per heavy atom. The minimum Gasteiger partial charge on any atom is -0.461 e. The molecule has 0 aliphatic rings. The molecule has 0 saturated heterocycles. The topological polar surface area (TPSA) is 38.9 Å². The van der Waals surface area contributed by atoms with Gasteiger partial charge in [-0.3, -0.25) is 0 Å². The summed E-state index contributed by atoms with van der Waals surface area (Å²) in [5.41, 5.74) is 5.89. The lowest BCUT2D eigenvalue weighted by molar-refractivity contribution is 0.560. The van der Waals surface area contributed by atoms with Gasteiger partial charge in [0.1, 0.15) is 22.5 Å². The van der Waals surface area contributed by atoms with Crippen LogP contribution in [0.15, 0.2) is 46.5 Å². The van der Waals surface area contributed by atoms with Crippen molar-refractivity contribution in [3.8, 4) is 11.3 Å². The fourth-order valence-corrected chi connectivity index (χ4v) is 7.39. The normalized spacial score (nSPS) is 12.8. The summed E-state index contributed by atoms with van der Waals surface area (Å²) in [6.45, 7) is 13.5. The molecule has 0 aliphatic carbocycles. The molecule has 0 amide bonds. The highest BCUT2D eigenvalue weighted by Crippen LogP contribution is 2.45. The molecule has 5 heteroatoms. The van der Waals surface area contributed by atoms with Crippen LogP contribution in [0.3, 0.4) is 0 Å². The molecular weight excluding hydrogens is 456 g/mol. The van der Waals surface area contributed by atoms with E-state index in [4.69, 9.17) is 14.4 Å². The lowest BCUT2D eigenvalue weighted by atomic mass is 9.85. The SMILES string of the molecule is Cc1oc2ccc3c(sc4ncnc(-c5cc(C(C)(C)C)c6sccc6c5)c43)c2c1CC(C)C. The predicted octanol–water partition coefficient (Wildman–Crippen LogP) is 9.28. The summed E-state index contributed by atoms with van der Waals surface area (Å²) in [4.78, 5) is 10.6. The predicted molar refractivity (Wildman–Crippen MR) is 147 cm³/mol. The number of benzene rings is 2. The van der Waals surface area contributed by atoms with E-state index in [9.17, 15) is 0 Å². The van der Waals surface area contributed by atoms with E-state index in [1.54, 1.807) is 17.7 Å². The van der Waals surface area contributed by atoms with E-state index in [0.29, 0.717) is 5.92 Å². The van der Waals surface area contributed by atoms with Crippen molar-refractivity contribution in [1.82, 2.24) is 9.97 Å². The zero-order chi connectivity index (χ0) is 23.8. The highest BCUT2D eigenvalue weighted by atomic mass is 32.1. The van der Waals surface area contributed by atoms with E-state index in [1.807, 2.05) is 11.3 Å². The van der Waals surface area contributed by atoms with E-state index < -0.39 is 0 Å². The fraction of sp³-hybridized carbons (Fsp3) is 0.310. The molecule has 4 heterocycles. The Balaban J connectivity index is 1.69. The second kappa shape index (κ2) is 7.62. The first-order valence-electron chi connectivity index (χ1n) is 11.8. The Morgan fingerprint density at radius 2 is 1.82 bits per heavy atom. The summed E-state index contributed by atoms with van der Waals surface area (Å²) in [6, 6.07) is 11.2. The van der Waals surface area contributed by atoms with Crippen LogP contribution in [0.2, 0.25) is 0 Å². The standard InChI is InChI=1S/C29H28N2OS2/c1-15(2)11-20-16(3)32-22-8-7-19-24-25(30-14-31-28(24)34-27(19)23(20)22)18-12-17-9-10-33-26(17)21(13-18)29(4,5)6/h7-10,12-15H,11H2,1-6H3. The molecule has 0 spiro atoms. The number of hydrogen-bond acceptors (Lipinski definition) is 5. The van der Waals surface area contributed by atoms with E-state index >= 15 is 0 Å². The smallest absolute Gasteiger partial charge is 0.136 e. The monoisotopic (exact) mass is 484 g/mol. The van der Waals surface area contributed by atoms with Gasteiger partial charge in [0, 0.05) is 36.7 Å². The van der Waals surface area contributed by atoms with Crippen molar-refractivity contribution in [3.63, 3.8) is 0 Å². The van der Waals surface area contributed by atoms with Crippen LogP contribution in [-0.4, -0.2) is 9.97 Å². The summed E-state index contributed by atoms with van der Waals surface area (Å²) in [5, 5.41) is 7.09. The van der Waals surface area contributed by atoms with E-state index in [0.717, 1.165) is 39.2 Å². The summed E-state index contributed by atoms with van der Waals surface area (Å²) in [7, 11) is 0. The Labute approximate surface area is 207 Å². The van der Waals surface area contributed by atoms with Crippen LogP contribution in [0.25, 0.3) is 52.6 Å². The summed E-state index contributed by atoms with van der Waals surface area (Å²) in [5.74, 6) is 1.59. The van der Waals surface area contributed by atoms with Gasteiger partial charge < -0.3 is 4.42 Å². The van der Waals surface area contributed by atoms with Crippen molar-refractivity contribution in [2.45, 2.75) is 53.4 Å². The Kier molecular flexibility index (Phi) is 4.88. The Hall–Kier alpha value is -2.76. The van der Waals surface area contributed by atoms with Gasteiger partial charge in [0.15, 0.2) is 0 Å². The molecule has 6 rings (SSSR count). The number of thiophene rings is 2. The molecule has 2 aromatic carbocycles. The molecule has 0 atom stereocenters. The Morgan fingerprint density at radius 3 is 2.59 bits per heavy atom. The van der Waals surface area contributed by atoms with Gasteiger partial charge in [-0.2, -0.15) is 0 Å². The fourth-order valence-electron chi connectivity index (χ4n) is 5.08. The number of aromatic nitrogens is 2. The van der Waals surface area contributed by atoms with Gasteiger partial charge in [-0.15, -0.1) is 22.7 Å². The molecule has 0 aliphatic heterocycles. The van der Waals surface area contributed by atoms with Crippen molar-refractivity contribution in [2.75, 3.05) is 0 Å². The van der Waals surface area contributed by atoms with Crippen LogP contribution in [-0.2, 0) is 11.8 Å². The van der Waals surface area contributed by atoms with Gasteiger partial charge in [-0.25, -0.2) is 9.97 Å². The molecular formula is C29H28N2OS2. The highest BCUT2D eigenvalue weighted by molar-refractivity contribution is 7.26. The van der Waals surface area contributed by atoms with E-state index in [1.165, 1.54) is 36.7 Å². The average Bonchev–Trinajstić information content (AvgIpc) is 3.47. The van der Waals surface area contributed by atoms with Crippen molar-refractivity contribution in [2.24, 2.45) is 5.92 Å². The van der Waals surface area contributed by atoms with Crippen molar-refractivity contribution in [1.29, 1.82) is 0 Å². The molecule has 172 valence electrons. The van der Waals surface area contributed by atoms with Gasteiger partial charge >= 0.3 is 0 Å². The molecule has 4 aromatic heterocycles. The van der Waals surface area contributed by atoms with Crippen LogP contribution in [0.4, 0.5) is 0 Å². The van der Waals surface area contributed by atoms with Crippen molar-refractivity contribution >= 4 is 64.0 Å². The molecule has 6 aromatic rings. The van der Waals surface area contributed by atoms with Crippen LogP contribution in [0.5, 0.6) is 0 Å². The zero-order valence-corrected chi connectivity index (χ0v) is 22.1. The Bertz CT molecular complexity index is 1710. The molecule has 3 nitrogen and oxygen atoms in total. The van der Waals surface area contributed by atoms with Gasteiger partial charge in [0.2, 0.25) is 0 Å². The molecule has 0 N–H and O–H groups in total. The van der Waals surface area contributed by atoms with Crippen molar-refractivity contribution < 1.29 is 4.42 Å². The lowest BCUT2D eigenvalue weighted by Gasteiger charge is -2.21. The number of nitrogens with zero attached hydrogens (tertiary/aromatic N) is 2. The van der Waals surface area contributed by atoms with E-state index in [-0.39, 0.29) is 5.41 Å². The first-order valence-corrected chi connectivity index (χ1v) is 13.5. The van der Waals surface area contributed by atoms with Gasteiger partial charge in [0.25, 0.3) is 0 Å². The summed E-state index contributed by atoms with van der Waals surface area (Å²) >= 11 is 3.58. The molecule has 0 radical (unpaired) electrons. The molecule has 0 saturated carbocycles. The third-order valence-electron chi connectivity index (χ3n) is 6.63. The van der Waals surface area contributed by atoms with E-state index in [2.05, 4.69) is 77.3 Å². The minimum atomic E-state index is 0.0498. The highest BCUT2D eigenvalue weighted by Gasteiger charge is 2.23. The third kappa shape index (κ3) is 3.29. The summed E-state index contributed by atoms with van der Waals surface area (Å²) < 4.78 is 8.81. The van der Waals surface area contributed by atoms with Crippen LogP contribution in [0, 0.1) is 12.8 Å².